The van der Waals surface area contributed by atoms with Crippen molar-refractivity contribution in [1.82, 2.24) is 15.5 Å². The molecule has 1 atom stereocenters. The number of thioether (sulfide) groups is 1. The zero-order chi connectivity index (χ0) is 20.6. The van der Waals surface area contributed by atoms with Crippen LogP contribution < -0.4 is 10.6 Å². The number of nitrogens with zero attached hydrogens (tertiary/aromatic N) is 1. The van der Waals surface area contributed by atoms with Gasteiger partial charge in [-0.05, 0) is 56.1 Å². The van der Waals surface area contributed by atoms with Crippen molar-refractivity contribution in [2.75, 3.05) is 39.2 Å². The number of benzene rings is 1. The molecule has 2 amide bonds. The van der Waals surface area contributed by atoms with Crippen molar-refractivity contribution in [3.05, 3.63) is 33.8 Å². The first-order valence-electron chi connectivity index (χ1n) is 8.73. The van der Waals surface area contributed by atoms with Crippen molar-refractivity contribution in [3.8, 4) is 0 Å². The predicted molar refractivity (Wildman–Crippen MR) is 116 cm³/mol. The Hall–Kier alpha value is -0.950. The molecule has 1 aromatic rings. The van der Waals surface area contributed by atoms with Crippen molar-refractivity contribution in [1.29, 1.82) is 0 Å². The summed E-state index contributed by atoms with van der Waals surface area (Å²) in [5.41, 5.74) is 0.225. The van der Waals surface area contributed by atoms with Gasteiger partial charge in [0.05, 0.1) is 10.6 Å². The highest BCUT2D eigenvalue weighted by atomic mass is 35.5. The van der Waals surface area contributed by atoms with Gasteiger partial charge in [0.15, 0.2) is 0 Å². The van der Waals surface area contributed by atoms with Gasteiger partial charge in [-0.2, -0.15) is 11.8 Å². The van der Waals surface area contributed by atoms with Gasteiger partial charge >= 0.3 is 0 Å². The van der Waals surface area contributed by atoms with E-state index >= 15 is 0 Å². The second kappa shape index (κ2) is 11.1. The van der Waals surface area contributed by atoms with Gasteiger partial charge in [0, 0.05) is 18.1 Å². The fraction of sp³-hybridized carbons (Fsp3) is 0.579. The molecule has 152 valence electrons. The number of amides is 2. The van der Waals surface area contributed by atoms with E-state index in [0.717, 1.165) is 12.3 Å². The Kier molecular flexibility index (Phi) is 9.95. The number of hydrogen-bond donors (Lipinski definition) is 2. The molecule has 0 spiro atoms. The lowest BCUT2D eigenvalue weighted by Crippen LogP contribution is -2.50. The minimum absolute atomic E-state index is 0.0767. The Morgan fingerprint density at radius 1 is 1.26 bits per heavy atom. The molecule has 0 heterocycles. The fourth-order valence-electron chi connectivity index (χ4n) is 2.78. The summed E-state index contributed by atoms with van der Waals surface area (Å²) in [5, 5.41) is 6.49. The van der Waals surface area contributed by atoms with Crippen molar-refractivity contribution < 1.29 is 9.59 Å². The van der Waals surface area contributed by atoms with Crippen LogP contribution in [0.5, 0.6) is 0 Å². The summed E-state index contributed by atoms with van der Waals surface area (Å²) in [6.07, 6.45) is 2.51. The van der Waals surface area contributed by atoms with Crippen LogP contribution in [0.4, 0.5) is 0 Å². The largest absolute Gasteiger partial charge is 0.354 e. The molecule has 1 rings (SSSR count). The van der Waals surface area contributed by atoms with E-state index in [1.54, 1.807) is 23.9 Å². The molecule has 1 unspecified atom stereocenters. The lowest BCUT2D eigenvalue weighted by atomic mass is 9.93. The highest BCUT2D eigenvalue weighted by Crippen LogP contribution is 2.21. The van der Waals surface area contributed by atoms with Crippen LogP contribution in [0, 0.1) is 5.41 Å². The first-order valence-corrected chi connectivity index (χ1v) is 10.9. The number of rotatable bonds is 10. The van der Waals surface area contributed by atoms with Crippen LogP contribution in [0.1, 0.15) is 30.6 Å². The summed E-state index contributed by atoms with van der Waals surface area (Å²) in [5.74, 6) is 0.188. The highest BCUT2D eigenvalue weighted by molar-refractivity contribution is 7.98. The second-order valence-electron chi connectivity index (χ2n) is 7.55. The molecular formula is C19H29Cl2N3O2S. The van der Waals surface area contributed by atoms with Gasteiger partial charge in [0.25, 0.3) is 5.91 Å². The molecular weight excluding hydrogens is 405 g/mol. The van der Waals surface area contributed by atoms with E-state index in [0.29, 0.717) is 23.6 Å². The lowest BCUT2D eigenvalue weighted by Gasteiger charge is -2.29. The van der Waals surface area contributed by atoms with E-state index in [4.69, 9.17) is 23.2 Å². The maximum absolute atomic E-state index is 12.7. The van der Waals surface area contributed by atoms with Gasteiger partial charge in [0.2, 0.25) is 5.91 Å². The average molecular weight is 434 g/mol. The SMILES string of the molecule is CSCCC(NC(=O)c1ccc(Cl)cc1Cl)C(=O)NCC(C)(C)CN(C)C. The lowest BCUT2D eigenvalue weighted by molar-refractivity contribution is -0.123. The molecule has 0 aliphatic rings. The van der Waals surface area contributed by atoms with Crippen molar-refractivity contribution in [3.63, 3.8) is 0 Å². The van der Waals surface area contributed by atoms with Crippen LogP contribution >= 0.6 is 35.0 Å². The minimum Gasteiger partial charge on any atom is -0.354 e. The van der Waals surface area contributed by atoms with Crippen molar-refractivity contribution in [2.45, 2.75) is 26.3 Å². The maximum Gasteiger partial charge on any atom is 0.253 e. The third-order valence-corrected chi connectivity index (χ3v) is 5.09. The van der Waals surface area contributed by atoms with E-state index in [1.807, 2.05) is 20.4 Å². The Bertz CT molecular complexity index is 654. The smallest absolute Gasteiger partial charge is 0.253 e. The topological polar surface area (TPSA) is 61.4 Å². The number of nitrogens with one attached hydrogen (secondary N) is 2. The monoisotopic (exact) mass is 433 g/mol. The summed E-state index contributed by atoms with van der Waals surface area (Å²) in [7, 11) is 4.00. The number of hydrogen-bond acceptors (Lipinski definition) is 4. The maximum atomic E-state index is 12.7. The van der Waals surface area contributed by atoms with Crippen LogP contribution in [0.15, 0.2) is 18.2 Å². The van der Waals surface area contributed by atoms with Crippen LogP contribution in [-0.4, -0.2) is 61.9 Å². The molecule has 0 aliphatic heterocycles. The molecule has 0 radical (unpaired) electrons. The predicted octanol–water partition coefficient (Wildman–Crippen LogP) is 3.55. The molecule has 2 N–H and O–H groups in total. The molecule has 8 heteroatoms. The molecule has 0 saturated carbocycles. The van der Waals surface area contributed by atoms with Gasteiger partial charge in [-0.25, -0.2) is 0 Å². The Morgan fingerprint density at radius 2 is 1.93 bits per heavy atom. The molecule has 5 nitrogen and oxygen atoms in total. The highest BCUT2D eigenvalue weighted by Gasteiger charge is 2.25. The van der Waals surface area contributed by atoms with Crippen LogP contribution in [-0.2, 0) is 4.79 Å². The van der Waals surface area contributed by atoms with Gasteiger partial charge in [-0.1, -0.05) is 37.0 Å². The molecule has 1 aromatic carbocycles. The Morgan fingerprint density at radius 3 is 2.48 bits per heavy atom. The molecule has 0 aromatic heterocycles. The van der Waals surface area contributed by atoms with E-state index in [1.165, 1.54) is 6.07 Å². The molecule has 0 bridgehead atoms. The second-order valence-corrected chi connectivity index (χ2v) is 9.38. The number of carbonyl (C=O) groups is 2. The number of halogens is 2. The summed E-state index contributed by atoms with van der Waals surface area (Å²) >= 11 is 13.6. The van der Waals surface area contributed by atoms with Crippen LogP contribution in [0.3, 0.4) is 0 Å². The normalized spacial score (nSPS) is 12.7. The third kappa shape index (κ3) is 8.73. The van der Waals surface area contributed by atoms with Crippen LogP contribution in [0.2, 0.25) is 10.0 Å². The summed E-state index contributed by atoms with van der Waals surface area (Å²) < 4.78 is 0. The summed E-state index contributed by atoms with van der Waals surface area (Å²) in [6, 6.07) is 4.05. The van der Waals surface area contributed by atoms with E-state index in [9.17, 15) is 9.59 Å². The third-order valence-electron chi connectivity index (χ3n) is 3.89. The molecule has 0 fully saturated rings. The quantitative estimate of drug-likeness (QED) is 0.591. The van der Waals surface area contributed by atoms with Gasteiger partial charge < -0.3 is 15.5 Å². The minimum atomic E-state index is -0.619. The molecule has 27 heavy (non-hydrogen) atoms. The Labute approximate surface area is 176 Å². The van der Waals surface area contributed by atoms with Gasteiger partial charge in [-0.3, -0.25) is 9.59 Å². The van der Waals surface area contributed by atoms with E-state index in [-0.39, 0.29) is 22.3 Å². The molecule has 0 saturated heterocycles. The average Bonchev–Trinajstić information content (AvgIpc) is 2.55. The van der Waals surface area contributed by atoms with Gasteiger partial charge in [0.1, 0.15) is 6.04 Å². The fourth-order valence-corrected chi connectivity index (χ4v) is 3.74. The van der Waals surface area contributed by atoms with E-state index in [2.05, 4.69) is 29.4 Å². The van der Waals surface area contributed by atoms with Crippen molar-refractivity contribution >= 4 is 46.8 Å². The molecule has 0 aliphatic carbocycles. The zero-order valence-electron chi connectivity index (χ0n) is 16.6. The summed E-state index contributed by atoms with van der Waals surface area (Å²) in [6.45, 7) is 5.55. The van der Waals surface area contributed by atoms with E-state index < -0.39 is 6.04 Å². The Balaban J connectivity index is 2.79. The zero-order valence-corrected chi connectivity index (χ0v) is 18.9. The van der Waals surface area contributed by atoms with Crippen molar-refractivity contribution in [2.24, 2.45) is 5.41 Å². The van der Waals surface area contributed by atoms with Crippen LogP contribution in [0.25, 0.3) is 0 Å². The first-order chi connectivity index (χ1) is 12.6. The summed E-state index contributed by atoms with van der Waals surface area (Å²) in [4.78, 5) is 27.3. The first kappa shape index (κ1) is 24.1. The van der Waals surface area contributed by atoms with Gasteiger partial charge in [-0.15, -0.1) is 0 Å². The standard InChI is InChI=1S/C19H29Cl2N3O2S/c1-19(2,12-24(3)4)11-22-18(26)16(8-9-27-5)23-17(25)14-7-6-13(20)10-15(14)21/h6-7,10,16H,8-9,11-12H2,1-5H3,(H,22,26)(H,23,25). The number of carbonyl (C=O) groups excluding carboxylic acids is 2.